The number of nitrogens with one attached hydrogen (secondary N) is 1. The number of hydrogen-bond acceptors (Lipinski definition) is 2. The van der Waals surface area contributed by atoms with E-state index in [-0.39, 0.29) is 0 Å². The van der Waals surface area contributed by atoms with Crippen LogP contribution in [0.1, 0.15) is 51.9 Å². The molecule has 1 aliphatic carbocycles. The highest BCUT2D eigenvalue weighted by Gasteiger charge is 2.27. The lowest BCUT2D eigenvalue weighted by molar-refractivity contribution is 0.0587. The summed E-state index contributed by atoms with van der Waals surface area (Å²) in [5.41, 5.74) is 0. The summed E-state index contributed by atoms with van der Waals surface area (Å²) in [5, 5.41) is 3.67. The lowest BCUT2D eigenvalue weighted by atomic mass is 9.88. The minimum absolute atomic E-state index is 0.824. The van der Waals surface area contributed by atoms with Gasteiger partial charge in [-0.3, -0.25) is 0 Å². The number of hydrogen-bond donors (Lipinski definition) is 1. The van der Waals surface area contributed by atoms with Crippen LogP contribution in [0.4, 0.5) is 0 Å². The first-order valence-corrected chi connectivity index (χ1v) is 7.19. The Morgan fingerprint density at radius 2 is 1.88 bits per heavy atom. The molecule has 2 rings (SSSR count). The van der Waals surface area contributed by atoms with Gasteiger partial charge in [0.15, 0.2) is 0 Å². The Morgan fingerprint density at radius 1 is 1.06 bits per heavy atom. The average molecular weight is 225 g/mol. The molecule has 0 radical (unpaired) electrons. The van der Waals surface area contributed by atoms with E-state index in [1.807, 2.05) is 0 Å². The Labute approximate surface area is 100 Å². The van der Waals surface area contributed by atoms with Gasteiger partial charge in [-0.05, 0) is 63.3 Å². The van der Waals surface area contributed by atoms with Crippen molar-refractivity contribution in [3.05, 3.63) is 0 Å². The molecule has 1 heterocycles. The third kappa shape index (κ3) is 3.74. The van der Waals surface area contributed by atoms with Gasteiger partial charge in [0, 0.05) is 19.3 Å². The summed E-state index contributed by atoms with van der Waals surface area (Å²) in [5.74, 6) is 1.96. The van der Waals surface area contributed by atoms with Gasteiger partial charge in [-0.1, -0.05) is 6.92 Å². The van der Waals surface area contributed by atoms with E-state index in [1.165, 1.54) is 51.5 Å². The van der Waals surface area contributed by atoms with Crippen molar-refractivity contribution < 1.29 is 4.74 Å². The van der Waals surface area contributed by atoms with Crippen molar-refractivity contribution in [2.24, 2.45) is 11.8 Å². The van der Waals surface area contributed by atoms with Crippen LogP contribution in [0, 0.1) is 11.8 Å². The highest BCUT2D eigenvalue weighted by atomic mass is 16.5. The quantitative estimate of drug-likeness (QED) is 0.776. The molecule has 0 spiro atoms. The van der Waals surface area contributed by atoms with E-state index in [9.17, 15) is 0 Å². The van der Waals surface area contributed by atoms with E-state index in [1.54, 1.807) is 0 Å². The van der Waals surface area contributed by atoms with Crippen molar-refractivity contribution in [1.82, 2.24) is 5.32 Å². The Morgan fingerprint density at radius 3 is 2.62 bits per heavy atom. The van der Waals surface area contributed by atoms with Gasteiger partial charge in [-0.2, -0.15) is 0 Å². The van der Waals surface area contributed by atoms with E-state index < -0.39 is 0 Å². The third-order valence-corrected chi connectivity index (χ3v) is 4.23. The predicted octanol–water partition coefficient (Wildman–Crippen LogP) is 2.97. The smallest absolute Gasteiger partial charge is 0.0468 e. The first-order chi connectivity index (χ1) is 7.88. The van der Waals surface area contributed by atoms with Crippen LogP contribution < -0.4 is 5.32 Å². The second kappa shape index (κ2) is 6.61. The molecule has 2 unspecified atom stereocenters. The van der Waals surface area contributed by atoms with Crippen LogP contribution in [0.5, 0.6) is 0 Å². The molecule has 1 aliphatic heterocycles. The lowest BCUT2D eigenvalue weighted by Gasteiger charge is -2.24. The van der Waals surface area contributed by atoms with Crippen LogP contribution in [0.25, 0.3) is 0 Å². The summed E-state index contributed by atoms with van der Waals surface area (Å²) in [7, 11) is 0. The van der Waals surface area contributed by atoms with Gasteiger partial charge in [-0.25, -0.2) is 0 Å². The van der Waals surface area contributed by atoms with Crippen LogP contribution >= 0.6 is 0 Å². The first-order valence-electron chi connectivity index (χ1n) is 7.19. The molecule has 1 N–H and O–H groups in total. The normalized spacial score (nSPS) is 32.1. The molecule has 2 nitrogen and oxygen atoms in total. The van der Waals surface area contributed by atoms with Crippen molar-refractivity contribution in [2.45, 2.75) is 57.9 Å². The maximum Gasteiger partial charge on any atom is 0.0468 e. The molecule has 0 amide bonds. The molecule has 2 atom stereocenters. The fourth-order valence-electron chi connectivity index (χ4n) is 3.28. The minimum Gasteiger partial charge on any atom is -0.381 e. The highest BCUT2D eigenvalue weighted by molar-refractivity contribution is 4.82. The lowest BCUT2D eigenvalue weighted by Crippen LogP contribution is -2.27. The van der Waals surface area contributed by atoms with Crippen molar-refractivity contribution in [3.63, 3.8) is 0 Å². The molecule has 2 fully saturated rings. The van der Waals surface area contributed by atoms with Crippen molar-refractivity contribution in [3.8, 4) is 0 Å². The second-order valence-electron chi connectivity index (χ2n) is 5.62. The van der Waals surface area contributed by atoms with E-state index >= 15 is 0 Å². The first kappa shape index (κ1) is 12.4. The van der Waals surface area contributed by atoms with Gasteiger partial charge >= 0.3 is 0 Å². The molecule has 1 saturated carbocycles. The van der Waals surface area contributed by atoms with E-state index in [0.29, 0.717) is 0 Å². The Balaban J connectivity index is 1.63. The van der Waals surface area contributed by atoms with Crippen molar-refractivity contribution in [2.75, 3.05) is 19.8 Å². The molecule has 0 bridgehead atoms. The molecule has 0 aromatic rings. The van der Waals surface area contributed by atoms with Gasteiger partial charge in [0.05, 0.1) is 0 Å². The largest absolute Gasteiger partial charge is 0.381 e. The Hall–Kier alpha value is -0.0800. The van der Waals surface area contributed by atoms with Gasteiger partial charge in [-0.15, -0.1) is 0 Å². The summed E-state index contributed by atoms with van der Waals surface area (Å²) in [6, 6.07) is 0.824. The average Bonchev–Trinajstić information content (AvgIpc) is 2.75. The Kier molecular flexibility index (Phi) is 5.11. The molecular weight excluding hydrogens is 198 g/mol. The van der Waals surface area contributed by atoms with Crippen LogP contribution in [0.15, 0.2) is 0 Å². The molecule has 2 aliphatic rings. The highest BCUT2D eigenvalue weighted by Crippen LogP contribution is 2.33. The molecule has 16 heavy (non-hydrogen) atoms. The van der Waals surface area contributed by atoms with Gasteiger partial charge in [0.2, 0.25) is 0 Å². The SMILES string of the molecule is CCCNC1CCC(CC2CCOCC2)C1. The minimum atomic E-state index is 0.824. The zero-order valence-electron chi connectivity index (χ0n) is 10.7. The standard InChI is InChI=1S/C14H27NO/c1-2-7-15-14-4-3-13(11-14)10-12-5-8-16-9-6-12/h12-15H,2-11H2,1H3. The molecule has 94 valence electrons. The number of ether oxygens (including phenoxy) is 1. The zero-order valence-corrected chi connectivity index (χ0v) is 10.7. The van der Waals surface area contributed by atoms with Crippen LogP contribution in [-0.4, -0.2) is 25.8 Å². The second-order valence-corrected chi connectivity index (χ2v) is 5.62. The van der Waals surface area contributed by atoms with Gasteiger partial charge < -0.3 is 10.1 Å². The maximum atomic E-state index is 5.43. The molecule has 1 saturated heterocycles. The molecule has 0 aromatic carbocycles. The van der Waals surface area contributed by atoms with Gasteiger partial charge in [0.1, 0.15) is 0 Å². The summed E-state index contributed by atoms with van der Waals surface area (Å²) in [6.45, 7) is 5.47. The summed E-state index contributed by atoms with van der Waals surface area (Å²) >= 11 is 0. The van der Waals surface area contributed by atoms with Crippen LogP contribution in [-0.2, 0) is 4.74 Å². The zero-order chi connectivity index (χ0) is 11.2. The van der Waals surface area contributed by atoms with Crippen molar-refractivity contribution >= 4 is 0 Å². The van der Waals surface area contributed by atoms with E-state index in [0.717, 1.165) is 31.1 Å². The van der Waals surface area contributed by atoms with Gasteiger partial charge in [0.25, 0.3) is 0 Å². The predicted molar refractivity (Wildman–Crippen MR) is 67.6 cm³/mol. The summed E-state index contributed by atoms with van der Waals surface area (Å²) < 4.78 is 5.43. The summed E-state index contributed by atoms with van der Waals surface area (Å²) in [6.07, 6.45) is 9.64. The topological polar surface area (TPSA) is 21.3 Å². The fourth-order valence-corrected chi connectivity index (χ4v) is 3.28. The van der Waals surface area contributed by atoms with Crippen molar-refractivity contribution in [1.29, 1.82) is 0 Å². The van der Waals surface area contributed by atoms with Crippen LogP contribution in [0.3, 0.4) is 0 Å². The fraction of sp³-hybridized carbons (Fsp3) is 1.00. The van der Waals surface area contributed by atoms with E-state index in [4.69, 9.17) is 4.74 Å². The van der Waals surface area contributed by atoms with E-state index in [2.05, 4.69) is 12.2 Å². The monoisotopic (exact) mass is 225 g/mol. The molecule has 0 aromatic heterocycles. The Bertz CT molecular complexity index is 189. The maximum absolute atomic E-state index is 5.43. The van der Waals surface area contributed by atoms with Crippen LogP contribution in [0.2, 0.25) is 0 Å². The molecule has 2 heteroatoms. The molecular formula is C14H27NO. The third-order valence-electron chi connectivity index (χ3n) is 4.23. The number of rotatable bonds is 5. The summed E-state index contributed by atoms with van der Waals surface area (Å²) in [4.78, 5) is 0.